The number of rotatable bonds is 5. The van der Waals surface area contributed by atoms with E-state index in [9.17, 15) is 0 Å². The van der Waals surface area contributed by atoms with Crippen LogP contribution < -0.4 is 10.1 Å². The van der Waals surface area contributed by atoms with Crippen molar-refractivity contribution in [1.29, 1.82) is 0 Å². The Morgan fingerprint density at radius 2 is 1.96 bits per heavy atom. The zero-order valence-electron chi connectivity index (χ0n) is 15.2. The molecule has 1 aromatic carbocycles. The molecule has 6 heteroatoms. The SMILES string of the molecule is COc1ccc(C(Nc2ccnc3c2cnn3C)C2CCOCC2)cc1. The number of benzene rings is 1. The summed E-state index contributed by atoms with van der Waals surface area (Å²) in [5.74, 6) is 1.38. The minimum absolute atomic E-state index is 0.204. The summed E-state index contributed by atoms with van der Waals surface area (Å²) in [6, 6.07) is 10.6. The third-order valence-corrected chi connectivity index (χ3v) is 5.16. The second-order valence-electron chi connectivity index (χ2n) is 6.71. The number of anilines is 1. The molecule has 0 radical (unpaired) electrons. The quantitative estimate of drug-likeness (QED) is 0.761. The topological polar surface area (TPSA) is 61.2 Å². The average molecular weight is 352 g/mol. The van der Waals surface area contributed by atoms with Crippen molar-refractivity contribution in [1.82, 2.24) is 14.8 Å². The van der Waals surface area contributed by atoms with Gasteiger partial charge in [-0.3, -0.25) is 4.68 Å². The van der Waals surface area contributed by atoms with Crippen LogP contribution in [-0.2, 0) is 11.8 Å². The number of nitrogens with one attached hydrogen (secondary N) is 1. The Morgan fingerprint density at radius 3 is 2.69 bits per heavy atom. The van der Waals surface area contributed by atoms with E-state index in [0.717, 1.165) is 48.5 Å². The Bertz CT molecular complexity index is 869. The first kappa shape index (κ1) is 16.8. The first-order chi connectivity index (χ1) is 12.8. The van der Waals surface area contributed by atoms with Gasteiger partial charge in [0.25, 0.3) is 0 Å². The number of hydrogen-bond donors (Lipinski definition) is 1. The van der Waals surface area contributed by atoms with E-state index >= 15 is 0 Å². The molecule has 26 heavy (non-hydrogen) atoms. The molecule has 0 aliphatic carbocycles. The van der Waals surface area contributed by atoms with Crippen molar-refractivity contribution in [2.75, 3.05) is 25.6 Å². The number of aromatic nitrogens is 3. The first-order valence-electron chi connectivity index (χ1n) is 9.01. The predicted octanol–water partition coefficient (Wildman–Crippen LogP) is 3.56. The van der Waals surface area contributed by atoms with Gasteiger partial charge in [0.15, 0.2) is 5.65 Å². The Kier molecular flexibility index (Phi) is 4.75. The highest BCUT2D eigenvalue weighted by Crippen LogP contribution is 2.35. The molecule has 1 atom stereocenters. The lowest BCUT2D eigenvalue weighted by Gasteiger charge is -2.32. The van der Waals surface area contributed by atoms with Crippen LogP contribution in [0, 0.1) is 5.92 Å². The highest BCUT2D eigenvalue weighted by Gasteiger charge is 2.26. The van der Waals surface area contributed by atoms with Gasteiger partial charge >= 0.3 is 0 Å². The highest BCUT2D eigenvalue weighted by atomic mass is 16.5. The molecule has 0 amide bonds. The van der Waals surface area contributed by atoms with E-state index in [1.165, 1.54) is 5.56 Å². The van der Waals surface area contributed by atoms with Crippen LogP contribution in [0.25, 0.3) is 11.0 Å². The molecule has 1 fully saturated rings. The maximum atomic E-state index is 5.57. The van der Waals surface area contributed by atoms with Gasteiger partial charge in [-0.15, -0.1) is 0 Å². The number of aryl methyl sites for hydroxylation is 1. The van der Waals surface area contributed by atoms with Crippen molar-refractivity contribution in [2.24, 2.45) is 13.0 Å². The van der Waals surface area contributed by atoms with E-state index in [0.29, 0.717) is 5.92 Å². The molecule has 1 saturated heterocycles. The molecule has 1 N–H and O–H groups in total. The van der Waals surface area contributed by atoms with Crippen molar-refractivity contribution in [2.45, 2.75) is 18.9 Å². The van der Waals surface area contributed by atoms with Gasteiger partial charge in [-0.2, -0.15) is 5.10 Å². The molecule has 1 aliphatic rings. The average Bonchev–Trinajstić information content (AvgIpc) is 3.09. The third-order valence-electron chi connectivity index (χ3n) is 5.16. The van der Waals surface area contributed by atoms with Crippen molar-refractivity contribution in [3.05, 3.63) is 48.3 Å². The summed E-state index contributed by atoms with van der Waals surface area (Å²) < 4.78 is 12.7. The maximum Gasteiger partial charge on any atom is 0.159 e. The molecule has 136 valence electrons. The molecular formula is C20H24N4O2. The molecule has 1 aliphatic heterocycles. The van der Waals surface area contributed by atoms with Gasteiger partial charge in [0.1, 0.15) is 5.75 Å². The number of pyridine rings is 1. The van der Waals surface area contributed by atoms with Gasteiger partial charge in [0.2, 0.25) is 0 Å². The van der Waals surface area contributed by atoms with Crippen LogP contribution in [0.15, 0.2) is 42.7 Å². The molecule has 0 saturated carbocycles. The summed E-state index contributed by atoms with van der Waals surface area (Å²) >= 11 is 0. The molecule has 0 spiro atoms. The Hall–Kier alpha value is -2.60. The Balaban J connectivity index is 1.69. The lowest BCUT2D eigenvalue weighted by Crippen LogP contribution is -2.27. The zero-order chi connectivity index (χ0) is 17.9. The number of hydrogen-bond acceptors (Lipinski definition) is 5. The van der Waals surface area contributed by atoms with Crippen LogP contribution in [0.1, 0.15) is 24.4 Å². The normalized spacial score (nSPS) is 16.5. The molecule has 1 unspecified atom stereocenters. The molecular weight excluding hydrogens is 328 g/mol. The maximum absolute atomic E-state index is 5.57. The lowest BCUT2D eigenvalue weighted by atomic mass is 9.86. The summed E-state index contributed by atoms with van der Waals surface area (Å²) in [6.45, 7) is 1.63. The molecule has 6 nitrogen and oxygen atoms in total. The molecule has 2 aromatic heterocycles. The number of ether oxygens (including phenoxy) is 2. The lowest BCUT2D eigenvalue weighted by molar-refractivity contribution is 0.0605. The summed E-state index contributed by atoms with van der Waals surface area (Å²) in [4.78, 5) is 4.44. The van der Waals surface area contributed by atoms with Crippen LogP contribution in [0.4, 0.5) is 5.69 Å². The standard InChI is InChI=1S/C20H24N4O2/c1-24-20-17(13-22-24)18(7-10-21-20)23-19(15-8-11-26-12-9-15)14-3-5-16(25-2)6-4-14/h3-7,10,13,15,19H,8-9,11-12H2,1-2H3,(H,21,23). The predicted molar refractivity (Wildman–Crippen MR) is 101 cm³/mol. The molecule has 3 heterocycles. The molecule has 4 rings (SSSR count). The Labute approximate surface area is 153 Å². The minimum Gasteiger partial charge on any atom is -0.497 e. The van der Waals surface area contributed by atoms with Gasteiger partial charge in [-0.1, -0.05) is 12.1 Å². The van der Waals surface area contributed by atoms with Crippen LogP contribution >= 0.6 is 0 Å². The van der Waals surface area contributed by atoms with Crippen molar-refractivity contribution in [3.63, 3.8) is 0 Å². The van der Waals surface area contributed by atoms with Crippen molar-refractivity contribution in [3.8, 4) is 5.75 Å². The van der Waals surface area contributed by atoms with E-state index in [4.69, 9.17) is 9.47 Å². The van der Waals surface area contributed by atoms with Gasteiger partial charge < -0.3 is 14.8 Å². The summed E-state index contributed by atoms with van der Waals surface area (Å²) in [6.07, 6.45) is 5.80. The first-order valence-corrected chi connectivity index (χ1v) is 9.01. The fraction of sp³-hybridized carbons (Fsp3) is 0.400. The smallest absolute Gasteiger partial charge is 0.159 e. The summed E-state index contributed by atoms with van der Waals surface area (Å²) in [5, 5.41) is 9.16. The Morgan fingerprint density at radius 1 is 1.19 bits per heavy atom. The summed E-state index contributed by atoms with van der Waals surface area (Å²) in [7, 11) is 3.61. The largest absolute Gasteiger partial charge is 0.497 e. The van der Waals surface area contributed by atoms with E-state index in [2.05, 4.69) is 27.5 Å². The van der Waals surface area contributed by atoms with Crippen molar-refractivity contribution < 1.29 is 9.47 Å². The fourth-order valence-electron chi connectivity index (χ4n) is 3.67. The number of fused-ring (bicyclic) bond motifs is 1. The van der Waals surface area contributed by atoms with Gasteiger partial charge in [-0.25, -0.2) is 4.98 Å². The van der Waals surface area contributed by atoms with Crippen LogP contribution in [-0.4, -0.2) is 35.1 Å². The number of nitrogens with zero attached hydrogens (tertiary/aromatic N) is 3. The van der Waals surface area contributed by atoms with E-state index in [-0.39, 0.29) is 6.04 Å². The minimum atomic E-state index is 0.204. The second kappa shape index (κ2) is 7.33. The van der Waals surface area contributed by atoms with E-state index < -0.39 is 0 Å². The monoisotopic (exact) mass is 352 g/mol. The second-order valence-corrected chi connectivity index (χ2v) is 6.71. The van der Waals surface area contributed by atoms with Crippen molar-refractivity contribution >= 4 is 16.7 Å². The van der Waals surface area contributed by atoms with E-state index in [1.54, 1.807) is 11.8 Å². The van der Waals surface area contributed by atoms with Crippen LogP contribution in [0.2, 0.25) is 0 Å². The van der Waals surface area contributed by atoms with E-state index in [1.807, 2.05) is 37.6 Å². The van der Waals surface area contributed by atoms with Crippen LogP contribution in [0.3, 0.4) is 0 Å². The molecule has 3 aromatic rings. The molecule has 0 bridgehead atoms. The fourth-order valence-corrected chi connectivity index (χ4v) is 3.67. The number of methoxy groups -OCH3 is 1. The third kappa shape index (κ3) is 3.24. The highest BCUT2D eigenvalue weighted by molar-refractivity contribution is 5.88. The zero-order valence-corrected chi connectivity index (χ0v) is 15.2. The summed E-state index contributed by atoms with van der Waals surface area (Å²) in [5.41, 5.74) is 3.21. The van der Waals surface area contributed by atoms with Gasteiger partial charge in [0.05, 0.1) is 24.7 Å². The van der Waals surface area contributed by atoms with Gasteiger partial charge in [0, 0.05) is 32.1 Å². The van der Waals surface area contributed by atoms with Crippen LogP contribution in [0.5, 0.6) is 5.75 Å². The van der Waals surface area contributed by atoms with Gasteiger partial charge in [-0.05, 0) is 42.5 Å².